The summed E-state index contributed by atoms with van der Waals surface area (Å²) in [6.07, 6.45) is 7.01. The molecule has 0 fully saturated rings. The van der Waals surface area contributed by atoms with Gasteiger partial charge in [0, 0.05) is 16.5 Å². The van der Waals surface area contributed by atoms with Crippen molar-refractivity contribution in [1.29, 1.82) is 0 Å². The molecular formula is C12H12Cl2. The molecule has 0 saturated carbocycles. The maximum Gasteiger partial charge on any atom is 0.0455 e. The lowest BCUT2D eigenvalue weighted by atomic mass is 9.93. The molecule has 0 aliphatic heterocycles. The molecule has 0 bridgehead atoms. The summed E-state index contributed by atoms with van der Waals surface area (Å²) in [5.41, 5.74) is 1.09. The Bertz CT molecular complexity index is 350. The van der Waals surface area contributed by atoms with Gasteiger partial charge >= 0.3 is 0 Å². The standard InChI is InChI=1S/C12H12Cl2/c1-3-5-9(4-2)11-7-6-10(13)8-12(11)14/h1,6-9H,4-5H2,2H3. The molecule has 0 N–H and O–H groups in total. The first-order valence-electron chi connectivity index (χ1n) is 4.57. The molecule has 0 aromatic heterocycles. The van der Waals surface area contributed by atoms with E-state index in [1.54, 1.807) is 6.07 Å². The summed E-state index contributed by atoms with van der Waals surface area (Å²) >= 11 is 11.9. The summed E-state index contributed by atoms with van der Waals surface area (Å²) in [6, 6.07) is 5.57. The van der Waals surface area contributed by atoms with Gasteiger partial charge in [0.25, 0.3) is 0 Å². The monoisotopic (exact) mass is 226 g/mol. The second-order valence-electron chi connectivity index (χ2n) is 3.18. The maximum absolute atomic E-state index is 6.09. The van der Waals surface area contributed by atoms with E-state index in [2.05, 4.69) is 12.8 Å². The summed E-state index contributed by atoms with van der Waals surface area (Å²) in [6.45, 7) is 2.10. The SMILES string of the molecule is C#CCC(CC)c1ccc(Cl)cc1Cl. The average molecular weight is 227 g/mol. The summed E-state index contributed by atoms with van der Waals surface area (Å²) in [4.78, 5) is 0. The van der Waals surface area contributed by atoms with Gasteiger partial charge in [-0.2, -0.15) is 0 Å². The normalized spacial score (nSPS) is 12.1. The van der Waals surface area contributed by atoms with Crippen molar-refractivity contribution in [2.45, 2.75) is 25.7 Å². The lowest BCUT2D eigenvalue weighted by Crippen LogP contribution is -1.96. The van der Waals surface area contributed by atoms with Crippen LogP contribution in [0.1, 0.15) is 31.2 Å². The third-order valence-corrected chi connectivity index (χ3v) is 2.82. The zero-order chi connectivity index (χ0) is 10.6. The molecule has 0 amide bonds. The van der Waals surface area contributed by atoms with Gasteiger partial charge in [0.1, 0.15) is 0 Å². The molecule has 1 atom stereocenters. The molecule has 0 saturated heterocycles. The Morgan fingerprint density at radius 3 is 2.64 bits per heavy atom. The van der Waals surface area contributed by atoms with Crippen molar-refractivity contribution in [3.05, 3.63) is 33.8 Å². The Morgan fingerprint density at radius 2 is 2.14 bits per heavy atom. The van der Waals surface area contributed by atoms with Crippen LogP contribution in [0.5, 0.6) is 0 Å². The van der Waals surface area contributed by atoms with Gasteiger partial charge in [-0.05, 0) is 30.0 Å². The van der Waals surface area contributed by atoms with Gasteiger partial charge in [-0.15, -0.1) is 12.3 Å². The largest absolute Gasteiger partial charge is 0.120 e. The van der Waals surface area contributed by atoms with Crippen LogP contribution < -0.4 is 0 Å². The van der Waals surface area contributed by atoms with E-state index in [-0.39, 0.29) is 0 Å². The molecule has 0 spiro atoms. The molecule has 0 radical (unpaired) electrons. The number of hydrogen-bond acceptors (Lipinski definition) is 0. The van der Waals surface area contributed by atoms with Crippen LogP contribution in [0.15, 0.2) is 18.2 Å². The van der Waals surface area contributed by atoms with Crippen molar-refractivity contribution in [3.63, 3.8) is 0 Å². The predicted octanol–water partition coefficient (Wildman–Crippen LogP) is 4.51. The topological polar surface area (TPSA) is 0 Å². The smallest absolute Gasteiger partial charge is 0.0455 e. The maximum atomic E-state index is 6.09. The van der Waals surface area contributed by atoms with Gasteiger partial charge in [0.15, 0.2) is 0 Å². The Balaban J connectivity index is 2.99. The van der Waals surface area contributed by atoms with E-state index >= 15 is 0 Å². The van der Waals surface area contributed by atoms with Gasteiger partial charge in [-0.3, -0.25) is 0 Å². The van der Waals surface area contributed by atoms with E-state index in [1.165, 1.54) is 0 Å². The molecule has 1 aromatic rings. The number of halogens is 2. The minimum Gasteiger partial charge on any atom is -0.120 e. The highest BCUT2D eigenvalue weighted by atomic mass is 35.5. The fourth-order valence-electron chi connectivity index (χ4n) is 1.45. The third-order valence-electron chi connectivity index (χ3n) is 2.26. The van der Waals surface area contributed by atoms with E-state index < -0.39 is 0 Å². The molecular weight excluding hydrogens is 215 g/mol. The van der Waals surface area contributed by atoms with Crippen LogP contribution in [0, 0.1) is 12.3 Å². The summed E-state index contributed by atoms with van der Waals surface area (Å²) in [5, 5.41) is 1.37. The number of rotatable bonds is 3. The molecule has 0 nitrogen and oxygen atoms in total. The van der Waals surface area contributed by atoms with Crippen molar-refractivity contribution in [1.82, 2.24) is 0 Å². The van der Waals surface area contributed by atoms with Crippen molar-refractivity contribution < 1.29 is 0 Å². The van der Waals surface area contributed by atoms with Crippen LogP contribution in [-0.4, -0.2) is 0 Å². The molecule has 0 aliphatic carbocycles. The zero-order valence-corrected chi connectivity index (χ0v) is 9.57. The van der Waals surface area contributed by atoms with Crippen LogP contribution in [-0.2, 0) is 0 Å². The molecule has 14 heavy (non-hydrogen) atoms. The minimum atomic E-state index is 0.338. The summed E-state index contributed by atoms with van der Waals surface area (Å²) in [7, 11) is 0. The van der Waals surface area contributed by atoms with Crippen molar-refractivity contribution in [2.24, 2.45) is 0 Å². The van der Waals surface area contributed by atoms with E-state index in [1.807, 2.05) is 12.1 Å². The van der Waals surface area contributed by atoms with Gasteiger partial charge in [-0.25, -0.2) is 0 Å². The van der Waals surface area contributed by atoms with E-state index in [0.29, 0.717) is 16.0 Å². The first kappa shape index (κ1) is 11.4. The summed E-state index contributed by atoms with van der Waals surface area (Å²) in [5.74, 6) is 3.01. The fraction of sp³-hybridized carbons (Fsp3) is 0.333. The van der Waals surface area contributed by atoms with Gasteiger partial charge < -0.3 is 0 Å². The van der Waals surface area contributed by atoms with Gasteiger partial charge in [-0.1, -0.05) is 36.2 Å². The quantitative estimate of drug-likeness (QED) is 0.666. The molecule has 1 rings (SSSR count). The van der Waals surface area contributed by atoms with Crippen LogP contribution in [0.2, 0.25) is 10.0 Å². The molecule has 74 valence electrons. The van der Waals surface area contributed by atoms with Crippen molar-refractivity contribution in [3.8, 4) is 12.3 Å². The average Bonchev–Trinajstić information content (AvgIpc) is 2.15. The lowest BCUT2D eigenvalue weighted by molar-refractivity contribution is 0.685. The third kappa shape index (κ3) is 2.67. The van der Waals surface area contributed by atoms with Crippen LogP contribution >= 0.6 is 23.2 Å². The number of terminal acetylenes is 1. The molecule has 1 unspecified atom stereocenters. The van der Waals surface area contributed by atoms with E-state index in [0.717, 1.165) is 18.4 Å². The Kier molecular flexibility index (Phi) is 4.32. The Morgan fingerprint density at radius 1 is 1.43 bits per heavy atom. The first-order valence-corrected chi connectivity index (χ1v) is 5.33. The molecule has 1 aromatic carbocycles. The highest BCUT2D eigenvalue weighted by Gasteiger charge is 2.11. The first-order chi connectivity index (χ1) is 6.69. The molecule has 0 heterocycles. The predicted molar refractivity (Wildman–Crippen MR) is 62.9 cm³/mol. The zero-order valence-electron chi connectivity index (χ0n) is 8.06. The Hall–Kier alpha value is -0.640. The minimum absolute atomic E-state index is 0.338. The second kappa shape index (κ2) is 5.29. The number of hydrogen-bond donors (Lipinski definition) is 0. The van der Waals surface area contributed by atoms with Crippen molar-refractivity contribution in [2.75, 3.05) is 0 Å². The van der Waals surface area contributed by atoms with Crippen LogP contribution in [0.3, 0.4) is 0 Å². The summed E-state index contributed by atoms with van der Waals surface area (Å²) < 4.78 is 0. The highest BCUT2D eigenvalue weighted by Crippen LogP contribution is 2.31. The van der Waals surface area contributed by atoms with Gasteiger partial charge in [0.2, 0.25) is 0 Å². The van der Waals surface area contributed by atoms with E-state index in [9.17, 15) is 0 Å². The molecule has 2 heteroatoms. The second-order valence-corrected chi connectivity index (χ2v) is 4.02. The van der Waals surface area contributed by atoms with Crippen LogP contribution in [0.4, 0.5) is 0 Å². The van der Waals surface area contributed by atoms with E-state index in [4.69, 9.17) is 29.6 Å². The Labute approximate surface area is 95.2 Å². The highest BCUT2D eigenvalue weighted by molar-refractivity contribution is 6.35. The fourth-order valence-corrected chi connectivity index (χ4v) is 2.01. The van der Waals surface area contributed by atoms with Gasteiger partial charge in [0.05, 0.1) is 0 Å². The number of benzene rings is 1. The molecule has 0 aliphatic rings. The lowest BCUT2D eigenvalue weighted by Gasteiger charge is -2.13. The van der Waals surface area contributed by atoms with Crippen molar-refractivity contribution >= 4 is 23.2 Å². The van der Waals surface area contributed by atoms with Crippen LogP contribution in [0.25, 0.3) is 0 Å².